The molecule has 0 fully saturated rings. The molecular formula is C17H30N2S. The molecule has 1 aromatic carbocycles. The standard InChI is InChI=1S/C17H30N2S/c1-6-15(13-20-5)19(4)12-11-17(18-3)16-10-8-7-9-14(16)2/h7-10,15,17-18H,6,11-13H2,1-5H3. The maximum atomic E-state index is 3.47. The summed E-state index contributed by atoms with van der Waals surface area (Å²) >= 11 is 1.94. The molecule has 114 valence electrons. The van der Waals surface area contributed by atoms with Crippen molar-refractivity contribution in [1.82, 2.24) is 10.2 Å². The van der Waals surface area contributed by atoms with E-state index >= 15 is 0 Å². The Morgan fingerprint density at radius 1 is 1.30 bits per heavy atom. The fourth-order valence-electron chi connectivity index (χ4n) is 2.70. The maximum absolute atomic E-state index is 3.47. The first kappa shape index (κ1) is 17.5. The SMILES string of the molecule is CCC(CSC)N(C)CCC(NC)c1ccccc1C. The van der Waals surface area contributed by atoms with Gasteiger partial charge in [-0.2, -0.15) is 11.8 Å². The minimum absolute atomic E-state index is 0.449. The van der Waals surface area contributed by atoms with Gasteiger partial charge in [0.2, 0.25) is 0 Å². The van der Waals surface area contributed by atoms with E-state index in [-0.39, 0.29) is 0 Å². The van der Waals surface area contributed by atoms with Crippen LogP contribution in [0.2, 0.25) is 0 Å². The third kappa shape index (κ3) is 5.12. The maximum Gasteiger partial charge on any atom is 0.0332 e. The monoisotopic (exact) mass is 294 g/mol. The predicted octanol–water partition coefficient (Wildman–Crippen LogP) is 3.72. The molecule has 2 nitrogen and oxygen atoms in total. The Kier molecular flexibility index (Phi) is 8.27. The van der Waals surface area contributed by atoms with Gasteiger partial charge in [0.15, 0.2) is 0 Å². The highest BCUT2D eigenvalue weighted by Gasteiger charge is 2.16. The molecule has 0 aliphatic rings. The molecule has 1 N–H and O–H groups in total. The van der Waals surface area contributed by atoms with Gasteiger partial charge in [-0.3, -0.25) is 0 Å². The zero-order chi connectivity index (χ0) is 15.0. The Balaban J connectivity index is 2.59. The third-order valence-electron chi connectivity index (χ3n) is 4.14. The summed E-state index contributed by atoms with van der Waals surface area (Å²) in [5.74, 6) is 1.22. The fourth-order valence-corrected chi connectivity index (χ4v) is 3.57. The van der Waals surface area contributed by atoms with Crippen molar-refractivity contribution < 1.29 is 0 Å². The van der Waals surface area contributed by atoms with E-state index in [2.05, 4.69) is 68.7 Å². The van der Waals surface area contributed by atoms with Gasteiger partial charge in [-0.25, -0.2) is 0 Å². The molecule has 0 aromatic heterocycles. The van der Waals surface area contributed by atoms with Crippen LogP contribution in [0.15, 0.2) is 24.3 Å². The Labute approximate surface area is 129 Å². The Hall–Kier alpha value is -0.510. The predicted molar refractivity (Wildman–Crippen MR) is 92.7 cm³/mol. The van der Waals surface area contributed by atoms with Gasteiger partial charge in [-0.15, -0.1) is 0 Å². The van der Waals surface area contributed by atoms with Crippen LogP contribution in [-0.4, -0.2) is 43.6 Å². The highest BCUT2D eigenvalue weighted by Crippen LogP contribution is 2.21. The number of rotatable bonds is 9. The van der Waals surface area contributed by atoms with Crippen LogP contribution in [-0.2, 0) is 0 Å². The molecule has 2 unspecified atom stereocenters. The summed E-state index contributed by atoms with van der Waals surface area (Å²) < 4.78 is 0. The highest BCUT2D eigenvalue weighted by molar-refractivity contribution is 7.98. The van der Waals surface area contributed by atoms with Gasteiger partial charge in [0.1, 0.15) is 0 Å². The van der Waals surface area contributed by atoms with Gasteiger partial charge < -0.3 is 10.2 Å². The summed E-state index contributed by atoms with van der Waals surface area (Å²) in [4.78, 5) is 2.51. The smallest absolute Gasteiger partial charge is 0.0332 e. The lowest BCUT2D eigenvalue weighted by Crippen LogP contribution is -2.35. The molecule has 0 aliphatic carbocycles. The van der Waals surface area contributed by atoms with Crippen LogP contribution in [0.1, 0.15) is 36.9 Å². The molecular weight excluding hydrogens is 264 g/mol. The summed E-state index contributed by atoms with van der Waals surface area (Å²) in [7, 11) is 4.32. The minimum Gasteiger partial charge on any atom is -0.313 e. The molecule has 0 aliphatic heterocycles. The van der Waals surface area contributed by atoms with Crippen LogP contribution < -0.4 is 5.32 Å². The second kappa shape index (κ2) is 9.43. The molecule has 0 radical (unpaired) electrons. The van der Waals surface area contributed by atoms with Gasteiger partial charge >= 0.3 is 0 Å². The van der Waals surface area contributed by atoms with Crippen LogP contribution in [0.25, 0.3) is 0 Å². The van der Waals surface area contributed by atoms with Gasteiger partial charge in [-0.05, 0) is 57.8 Å². The fraction of sp³-hybridized carbons (Fsp3) is 0.647. The molecule has 2 atom stereocenters. The molecule has 0 heterocycles. The van der Waals surface area contributed by atoms with Crippen LogP contribution >= 0.6 is 11.8 Å². The minimum atomic E-state index is 0.449. The Morgan fingerprint density at radius 2 is 2.00 bits per heavy atom. The lowest BCUT2D eigenvalue weighted by molar-refractivity contribution is 0.242. The number of benzene rings is 1. The molecule has 0 saturated carbocycles. The van der Waals surface area contributed by atoms with E-state index in [1.165, 1.54) is 23.3 Å². The van der Waals surface area contributed by atoms with Crippen LogP contribution in [0, 0.1) is 6.92 Å². The van der Waals surface area contributed by atoms with Gasteiger partial charge in [0.25, 0.3) is 0 Å². The first-order valence-corrected chi connectivity index (χ1v) is 8.95. The third-order valence-corrected chi connectivity index (χ3v) is 4.85. The Morgan fingerprint density at radius 3 is 2.55 bits per heavy atom. The van der Waals surface area contributed by atoms with Gasteiger partial charge in [-0.1, -0.05) is 31.2 Å². The van der Waals surface area contributed by atoms with Crippen molar-refractivity contribution in [2.45, 2.75) is 38.8 Å². The Bertz CT molecular complexity index is 381. The zero-order valence-corrected chi connectivity index (χ0v) is 14.5. The van der Waals surface area contributed by atoms with Crippen LogP contribution in [0.3, 0.4) is 0 Å². The van der Waals surface area contributed by atoms with E-state index in [1.54, 1.807) is 0 Å². The summed E-state index contributed by atoms with van der Waals surface area (Å²) in [6.07, 6.45) is 4.58. The summed E-state index contributed by atoms with van der Waals surface area (Å²) in [6.45, 7) is 5.62. The van der Waals surface area contributed by atoms with E-state index in [0.717, 1.165) is 13.0 Å². The van der Waals surface area contributed by atoms with Gasteiger partial charge in [0.05, 0.1) is 0 Å². The largest absolute Gasteiger partial charge is 0.313 e. The van der Waals surface area contributed by atoms with Crippen molar-refractivity contribution in [3.05, 3.63) is 35.4 Å². The van der Waals surface area contributed by atoms with E-state index in [1.807, 2.05) is 11.8 Å². The lowest BCUT2D eigenvalue weighted by atomic mass is 9.98. The lowest BCUT2D eigenvalue weighted by Gasteiger charge is -2.28. The van der Waals surface area contributed by atoms with Crippen molar-refractivity contribution >= 4 is 11.8 Å². The quantitative estimate of drug-likeness (QED) is 0.747. The average molecular weight is 295 g/mol. The van der Waals surface area contributed by atoms with Crippen molar-refractivity contribution in [2.24, 2.45) is 0 Å². The van der Waals surface area contributed by atoms with Crippen LogP contribution in [0.5, 0.6) is 0 Å². The van der Waals surface area contributed by atoms with E-state index < -0.39 is 0 Å². The molecule has 0 saturated heterocycles. The summed E-state index contributed by atoms with van der Waals surface area (Å²) in [5, 5.41) is 3.47. The topological polar surface area (TPSA) is 15.3 Å². The second-order valence-corrected chi connectivity index (χ2v) is 6.40. The summed E-state index contributed by atoms with van der Waals surface area (Å²) in [5.41, 5.74) is 2.81. The molecule has 0 amide bonds. The first-order valence-electron chi connectivity index (χ1n) is 7.56. The first-order chi connectivity index (χ1) is 9.63. The van der Waals surface area contributed by atoms with Crippen molar-refractivity contribution in [3.63, 3.8) is 0 Å². The second-order valence-electron chi connectivity index (χ2n) is 5.48. The van der Waals surface area contributed by atoms with Crippen molar-refractivity contribution in [2.75, 3.05) is 32.6 Å². The molecule has 0 spiro atoms. The number of hydrogen-bond donors (Lipinski definition) is 1. The van der Waals surface area contributed by atoms with E-state index in [0.29, 0.717) is 12.1 Å². The number of hydrogen-bond acceptors (Lipinski definition) is 3. The van der Waals surface area contributed by atoms with Crippen LogP contribution in [0.4, 0.5) is 0 Å². The zero-order valence-electron chi connectivity index (χ0n) is 13.6. The van der Waals surface area contributed by atoms with Gasteiger partial charge in [0, 0.05) is 17.8 Å². The van der Waals surface area contributed by atoms with Crippen molar-refractivity contribution in [1.29, 1.82) is 0 Å². The number of nitrogens with zero attached hydrogens (tertiary/aromatic N) is 1. The average Bonchev–Trinajstić information content (AvgIpc) is 2.46. The molecule has 1 rings (SSSR count). The number of aryl methyl sites for hydroxylation is 1. The number of nitrogens with one attached hydrogen (secondary N) is 1. The molecule has 3 heteroatoms. The number of thioether (sulfide) groups is 1. The molecule has 20 heavy (non-hydrogen) atoms. The highest BCUT2D eigenvalue weighted by atomic mass is 32.2. The summed E-state index contributed by atoms with van der Waals surface area (Å²) in [6, 6.07) is 9.84. The van der Waals surface area contributed by atoms with E-state index in [9.17, 15) is 0 Å². The normalized spacial score (nSPS) is 14.5. The molecule has 0 bridgehead atoms. The molecule has 1 aromatic rings. The van der Waals surface area contributed by atoms with Crippen molar-refractivity contribution in [3.8, 4) is 0 Å². The van der Waals surface area contributed by atoms with E-state index in [4.69, 9.17) is 0 Å².